The Morgan fingerprint density at radius 1 is 1.46 bits per heavy atom. The van der Waals surface area contributed by atoms with Crippen molar-refractivity contribution < 1.29 is 5.11 Å². The van der Waals surface area contributed by atoms with Gasteiger partial charge in [0.15, 0.2) is 0 Å². The summed E-state index contributed by atoms with van der Waals surface area (Å²) in [6, 6.07) is 6.60. The van der Waals surface area contributed by atoms with Crippen LogP contribution in [0.5, 0.6) is 0 Å². The lowest BCUT2D eigenvalue weighted by Gasteiger charge is -2.11. The first-order chi connectivity index (χ1) is 6.26. The molecule has 0 amide bonds. The van der Waals surface area contributed by atoms with E-state index in [0.717, 1.165) is 5.69 Å². The average Bonchev–Trinajstić information content (AvgIpc) is 2.19. The van der Waals surface area contributed by atoms with Gasteiger partial charge < -0.3 is 10.4 Å². The van der Waals surface area contributed by atoms with Crippen LogP contribution in [0.4, 0.5) is 11.4 Å². The molecule has 0 aliphatic rings. The van der Waals surface area contributed by atoms with E-state index in [1.165, 1.54) is 0 Å². The molecule has 0 aliphatic carbocycles. The zero-order valence-electron chi connectivity index (χ0n) is 7.40. The fraction of sp³-hybridized carbons (Fsp3) is 0.333. The second-order valence-corrected chi connectivity index (χ2v) is 2.71. The van der Waals surface area contributed by atoms with Crippen molar-refractivity contribution in [1.82, 2.24) is 0 Å². The Labute approximate surface area is 76.6 Å². The molecule has 0 aliphatic heterocycles. The van der Waals surface area contributed by atoms with Crippen LogP contribution in [-0.2, 0) is 0 Å². The molecule has 4 heteroatoms. The van der Waals surface area contributed by atoms with E-state index >= 15 is 0 Å². The van der Waals surface area contributed by atoms with E-state index in [9.17, 15) is 10.0 Å². The first-order valence-electron chi connectivity index (χ1n) is 4.14. The van der Waals surface area contributed by atoms with Crippen LogP contribution in [0.25, 0.3) is 0 Å². The lowest BCUT2D eigenvalue weighted by atomic mass is 10.3. The first-order valence-corrected chi connectivity index (χ1v) is 4.14. The van der Waals surface area contributed by atoms with Crippen LogP contribution in [0.2, 0.25) is 0 Å². The van der Waals surface area contributed by atoms with Crippen LogP contribution >= 0.6 is 0 Å². The first kappa shape index (κ1) is 9.67. The van der Waals surface area contributed by atoms with E-state index in [2.05, 4.69) is 10.5 Å². The molecule has 0 radical (unpaired) electrons. The number of aliphatic hydroxyl groups excluding tert-OH is 1. The molecule has 0 saturated carbocycles. The molecule has 13 heavy (non-hydrogen) atoms. The number of benzene rings is 1. The lowest BCUT2D eigenvalue weighted by Crippen LogP contribution is -2.16. The summed E-state index contributed by atoms with van der Waals surface area (Å²) in [4.78, 5) is 10.1. The molecule has 1 aromatic carbocycles. The molecule has 0 saturated heterocycles. The minimum Gasteiger partial charge on any atom is -0.374 e. The fourth-order valence-electron chi connectivity index (χ4n) is 0.913. The van der Waals surface area contributed by atoms with Crippen molar-refractivity contribution in [3.63, 3.8) is 0 Å². The monoisotopic (exact) mass is 180 g/mol. The van der Waals surface area contributed by atoms with Crippen LogP contribution in [0.3, 0.4) is 0 Å². The normalized spacial score (nSPS) is 12.2. The molecule has 4 nitrogen and oxygen atoms in total. The highest BCUT2D eigenvalue weighted by Gasteiger charge is 1.99. The van der Waals surface area contributed by atoms with E-state index in [-0.39, 0.29) is 0 Å². The largest absolute Gasteiger partial charge is 0.374 e. The Hall–Kier alpha value is -1.42. The Morgan fingerprint density at radius 2 is 2.08 bits per heavy atom. The SMILES string of the molecule is CCC(O)Nc1ccc(N=O)cc1. The molecule has 1 rings (SSSR count). The highest BCUT2D eigenvalue weighted by molar-refractivity contribution is 5.50. The third-order valence-electron chi connectivity index (χ3n) is 1.69. The summed E-state index contributed by atoms with van der Waals surface area (Å²) < 4.78 is 0. The average molecular weight is 180 g/mol. The number of hydrogen-bond acceptors (Lipinski definition) is 4. The van der Waals surface area contributed by atoms with E-state index in [0.29, 0.717) is 12.1 Å². The maximum Gasteiger partial charge on any atom is 0.124 e. The van der Waals surface area contributed by atoms with Gasteiger partial charge in [-0.25, -0.2) is 0 Å². The van der Waals surface area contributed by atoms with Gasteiger partial charge in [0.05, 0.1) is 0 Å². The smallest absolute Gasteiger partial charge is 0.124 e. The lowest BCUT2D eigenvalue weighted by molar-refractivity contribution is 0.199. The van der Waals surface area contributed by atoms with E-state index in [1.54, 1.807) is 24.3 Å². The van der Waals surface area contributed by atoms with Gasteiger partial charge in [-0.3, -0.25) is 0 Å². The molecule has 2 N–H and O–H groups in total. The van der Waals surface area contributed by atoms with Gasteiger partial charge in [0.25, 0.3) is 0 Å². The number of aliphatic hydroxyl groups is 1. The highest BCUT2D eigenvalue weighted by atomic mass is 16.3. The van der Waals surface area contributed by atoms with Gasteiger partial charge in [0, 0.05) is 5.69 Å². The van der Waals surface area contributed by atoms with Gasteiger partial charge >= 0.3 is 0 Å². The van der Waals surface area contributed by atoms with Crippen LogP contribution in [0.1, 0.15) is 13.3 Å². The van der Waals surface area contributed by atoms with Crippen molar-refractivity contribution >= 4 is 11.4 Å². The summed E-state index contributed by atoms with van der Waals surface area (Å²) >= 11 is 0. The molecule has 0 heterocycles. The number of nitrogens with one attached hydrogen (secondary N) is 1. The number of nitrogens with zero attached hydrogens (tertiary/aromatic N) is 1. The van der Waals surface area contributed by atoms with Crippen molar-refractivity contribution in [3.8, 4) is 0 Å². The van der Waals surface area contributed by atoms with Crippen LogP contribution in [-0.4, -0.2) is 11.3 Å². The molecule has 1 unspecified atom stereocenters. The minimum absolute atomic E-state index is 0.386. The van der Waals surface area contributed by atoms with Crippen molar-refractivity contribution in [3.05, 3.63) is 29.2 Å². The molecule has 1 aromatic rings. The minimum atomic E-state index is -0.546. The Balaban J connectivity index is 2.63. The van der Waals surface area contributed by atoms with Crippen molar-refractivity contribution in [2.24, 2.45) is 5.18 Å². The molecule has 1 atom stereocenters. The van der Waals surface area contributed by atoms with E-state index in [1.807, 2.05) is 6.92 Å². The second kappa shape index (κ2) is 4.57. The molecule has 0 bridgehead atoms. The quantitative estimate of drug-likeness (QED) is 0.551. The summed E-state index contributed by atoms with van der Waals surface area (Å²) in [6.07, 6.45) is 0.0864. The topological polar surface area (TPSA) is 61.7 Å². The molecular weight excluding hydrogens is 168 g/mol. The third-order valence-corrected chi connectivity index (χ3v) is 1.69. The van der Waals surface area contributed by atoms with Gasteiger partial charge in [-0.15, -0.1) is 4.91 Å². The van der Waals surface area contributed by atoms with Gasteiger partial charge in [-0.1, -0.05) is 6.92 Å². The van der Waals surface area contributed by atoms with Crippen LogP contribution in [0, 0.1) is 4.91 Å². The van der Waals surface area contributed by atoms with Crippen molar-refractivity contribution in [2.75, 3.05) is 5.32 Å². The van der Waals surface area contributed by atoms with Crippen LogP contribution < -0.4 is 5.32 Å². The Bertz CT molecular complexity index is 271. The summed E-state index contributed by atoms with van der Waals surface area (Å²) in [7, 11) is 0. The Kier molecular flexibility index (Phi) is 3.40. The van der Waals surface area contributed by atoms with Gasteiger partial charge in [0.1, 0.15) is 11.9 Å². The predicted octanol–water partition coefficient (Wildman–Crippen LogP) is 2.22. The molecular formula is C9H12N2O2. The molecule has 0 aromatic heterocycles. The molecule has 70 valence electrons. The van der Waals surface area contributed by atoms with Gasteiger partial charge in [-0.2, -0.15) is 0 Å². The standard InChI is InChI=1S/C9H12N2O2/c1-2-9(12)10-7-3-5-8(11-13)6-4-7/h3-6,9-10,12H,2H2,1H3. The fourth-order valence-corrected chi connectivity index (χ4v) is 0.913. The van der Waals surface area contributed by atoms with Crippen molar-refractivity contribution in [2.45, 2.75) is 19.6 Å². The highest BCUT2D eigenvalue weighted by Crippen LogP contribution is 2.16. The summed E-state index contributed by atoms with van der Waals surface area (Å²) in [6.45, 7) is 1.87. The second-order valence-electron chi connectivity index (χ2n) is 2.71. The number of rotatable bonds is 4. The number of hydrogen-bond donors (Lipinski definition) is 2. The summed E-state index contributed by atoms with van der Waals surface area (Å²) in [5.74, 6) is 0. The number of nitroso groups, excluding NO2 is 1. The van der Waals surface area contributed by atoms with Gasteiger partial charge in [-0.05, 0) is 35.9 Å². The predicted molar refractivity (Wildman–Crippen MR) is 51.8 cm³/mol. The van der Waals surface area contributed by atoms with Gasteiger partial charge in [0.2, 0.25) is 0 Å². The van der Waals surface area contributed by atoms with E-state index in [4.69, 9.17) is 0 Å². The van der Waals surface area contributed by atoms with Crippen LogP contribution in [0.15, 0.2) is 29.4 Å². The number of anilines is 1. The summed E-state index contributed by atoms with van der Waals surface area (Å²) in [5, 5.41) is 14.9. The molecule has 0 spiro atoms. The van der Waals surface area contributed by atoms with E-state index < -0.39 is 6.23 Å². The zero-order chi connectivity index (χ0) is 9.68. The maximum absolute atomic E-state index is 10.1. The maximum atomic E-state index is 10.1. The zero-order valence-corrected chi connectivity index (χ0v) is 7.40. The van der Waals surface area contributed by atoms with Crippen molar-refractivity contribution in [1.29, 1.82) is 0 Å². The third kappa shape index (κ3) is 2.83. The molecule has 0 fully saturated rings. The summed E-state index contributed by atoms with van der Waals surface area (Å²) in [5.41, 5.74) is 1.17. The Morgan fingerprint density at radius 3 is 2.54 bits per heavy atom.